The summed E-state index contributed by atoms with van der Waals surface area (Å²) < 4.78 is 38.3. The fraction of sp³-hybridized carbons (Fsp3) is 0.167. The first-order valence-corrected chi connectivity index (χ1v) is 6.41. The lowest BCUT2D eigenvalue weighted by atomic mass is 10.3. The summed E-state index contributed by atoms with van der Waals surface area (Å²) in [5, 5.41) is 5.86. The number of rotatable bonds is 3. The Hall–Kier alpha value is -1.73. The number of nitrogens with one attached hydrogen (secondary N) is 2. The van der Waals surface area contributed by atoms with Gasteiger partial charge in [-0.15, -0.1) is 0 Å². The van der Waals surface area contributed by atoms with Crippen LogP contribution in [0.15, 0.2) is 24.3 Å². The fourth-order valence-corrected chi connectivity index (χ4v) is 1.84. The summed E-state index contributed by atoms with van der Waals surface area (Å²) >= 11 is 11.8. The molecule has 21 heavy (non-hydrogen) atoms. The first-order chi connectivity index (χ1) is 9.79. The quantitative estimate of drug-likeness (QED) is 0.860. The summed E-state index contributed by atoms with van der Waals surface area (Å²) in [6.45, 7) is 0. The van der Waals surface area contributed by atoms with E-state index < -0.39 is 11.9 Å². The molecule has 0 bridgehead atoms. The third-order valence-corrected chi connectivity index (χ3v) is 3.00. The number of hydrogen-bond donors (Lipinski definition) is 2. The van der Waals surface area contributed by atoms with E-state index in [1.807, 2.05) is 0 Å². The van der Waals surface area contributed by atoms with E-state index in [0.717, 1.165) is 6.07 Å². The topological polar surface area (TPSA) is 49.8 Å². The summed E-state index contributed by atoms with van der Waals surface area (Å²) in [5.74, 6) is -0.212. The number of anilines is 3. The molecule has 0 aliphatic carbocycles. The highest BCUT2D eigenvalue weighted by Crippen LogP contribution is 2.32. The van der Waals surface area contributed by atoms with E-state index in [2.05, 4.69) is 20.6 Å². The smallest absolute Gasteiger partial charge is 0.357 e. The molecule has 1 heterocycles. The van der Waals surface area contributed by atoms with Crippen LogP contribution < -0.4 is 10.6 Å². The molecule has 0 atom stereocenters. The van der Waals surface area contributed by atoms with Gasteiger partial charge in [-0.3, -0.25) is 0 Å². The van der Waals surface area contributed by atoms with Gasteiger partial charge in [-0.2, -0.15) is 18.2 Å². The number of hydrogen-bond acceptors (Lipinski definition) is 4. The lowest BCUT2D eigenvalue weighted by Gasteiger charge is -2.12. The van der Waals surface area contributed by atoms with Gasteiger partial charge in [0.15, 0.2) is 5.69 Å². The standard InChI is InChI=1S/C12H9Cl2F3N4/c1-18-11-20-9(12(15,16)17)5-10(21-11)19-8-4-6(13)2-3-7(8)14/h2-5H,1H3,(H2,18,19,20,21). The van der Waals surface area contributed by atoms with Crippen molar-refractivity contribution < 1.29 is 13.2 Å². The van der Waals surface area contributed by atoms with Crippen LogP contribution in [0.2, 0.25) is 10.0 Å². The van der Waals surface area contributed by atoms with Crippen molar-refractivity contribution in [1.82, 2.24) is 9.97 Å². The minimum atomic E-state index is -4.58. The van der Waals surface area contributed by atoms with Crippen LogP contribution in [0.4, 0.5) is 30.6 Å². The molecule has 0 saturated carbocycles. The van der Waals surface area contributed by atoms with Gasteiger partial charge in [-0.05, 0) is 18.2 Å². The molecule has 2 N–H and O–H groups in total. The average Bonchev–Trinajstić information content (AvgIpc) is 2.41. The van der Waals surface area contributed by atoms with Crippen molar-refractivity contribution in [2.45, 2.75) is 6.18 Å². The van der Waals surface area contributed by atoms with Crippen molar-refractivity contribution in [1.29, 1.82) is 0 Å². The predicted molar refractivity (Wildman–Crippen MR) is 76.3 cm³/mol. The van der Waals surface area contributed by atoms with Crippen LogP contribution in [-0.4, -0.2) is 17.0 Å². The third-order valence-electron chi connectivity index (χ3n) is 2.43. The Bertz CT molecular complexity index is 661. The molecule has 2 rings (SSSR count). The van der Waals surface area contributed by atoms with Crippen molar-refractivity contribution in [2.75, 3.05) is 17.7 Å². The highest BCUT2D eigenvalue weighted by atomic mass is 35.5. The highest BCUT2D eigenvalue weighted by molar-refractivity contribution is 6.35. The fourth-order valence-electron chi connectivity index (χ4n) is 1.50. The summed E-state index contributed by atoms with van der Waals surface area (Å²) in [5.41, 5.74) is -0.722. The summed E-state index contributed by atoms with van der Waals surface area (Å²) in [6.07, 6.45) is -4.58. The SMILES string of the molecule is CNc1nc(Nc2cc(Cl)ccc2Cl)cc(C(F)(F)F)n1. The van der Waals surface area contributed by atoms with E-state index >= 15 is 0 Å². The Morgan fingerprint density at radius 2 is 1.81 bits per heavy atom. The summed E-state index contributed by atoms with van der Waals surface area (Å²) in [7, 11) is 1.42. The Morgan fingerprint density at radius 1 is 1.10 bits per heavy atom. The Balaban J connectivity index is 2.42. The van der Waals surface area contributed by atoms with Gasteiger partial charge in [0.25, 0.3) is 0 Å². The van der Waals surface area contributed by atoms with Gasteiger partial charge in [0.2, 0.25) is 5.95 Å². The zero-order valence-corrected chi connectivity index (χ0v) is 12.1. The summed E-state index contributed by atoms with van der Waals surface area (Å²) in [6, 6.07) is 5.36. The number of alkyl halides is 3. The van der Waals surface area contributed by atoms with E-state index in [4.69, 9.17) is 23.2 Å². The molecule has 4 nitrogen and oxygen atoms in total. The second-order valence-corrected chi connectivity index (χ2v) is 4.80. The van der Waals surface area contributed by atoms with E-state index in [1.54, 1.807) is 6.07 Å². The first kappa shape index (κ1) is 15.7. The molecule has 0 aliphatic heterocycles. The van der Waals surface area contributed by atoms with Crippen LogP contribution in [0.1, 0.15) is 5.69 Å². The first-order valence-electron chi connectivity index (χ1n) is 5.65. The zero-order chi connectivity index (χ0) is 15.6. The number of halogens is 5. The zero-order valence-electron chi connectivity index (χ0n) is 10.6. The minimum absolute atomic E-state index is 0.0501. The molecule has 9 heteroatoms. The molecule has 0 aliphatic rings. The van der Waals surface area contributed by atoms with Gasteiger partial charge in [0, 0.05) is 18.1 Å². The Morgan fingerprint density at radius 3 is 2.43 bits per heavy atom. The lowest BCUT2D eigenvalue weighted by molar-refractivity contribution is -0.141. The van der Waals surface area contributed by atoms with Crippen LogP contribution in [0, 0.1) is 0 Å². The van der Waals surface area contributed by atoms with Gasteiger partial charge in [0.05, 0.1) is 10.7 Å². The van der Waals surface area contributed by atoms with E-state index in [1.165, 1.54) is 19.2 Å². The minimum Gasteiger partial charge on any atom is -0.357 e. The summed E-state index contributed by atoms with van der Waals surface area (Å²) in [4.78, 5) is 7.25. The molecule has 0 radical (unpaired) electrons. The monoisotopic (exact) mass is 336 g/mol. The largest absolute Gasteiger partial charge is 0.433 e. The van der Waals surface area contributed by atoms with Gasteiger partial charge in [-0.1, -0.05) is 23.2 Å². The van der Waals surface area contributed by atoms with Gasteiger partial charge < -0.3 is 10.6 Å². The maximum atomic E-state index is 12.8. The average molecular weight is 337 g/mol. The van der Waals surface area contributed by atoms with E-state index in [-0.39, 0.29) is 11.8 Å². The molecule has 0 amide bonds. The third kappa shape index (κ3) is 3.89. The highest BCUT2D eigenvalue weighted by Gasteiger charge is 2.33. The maximum Gasteiger partial charge on any atom is 0.433 e. The second kappa shape index (κ2) is 5.95. The van der Waals surface area contributed by atoms with Crippen LogP contribution >= 0.6 is 23.2 Å². The van der Waals surface area contributed by atoms with Crippen molar-refractivity contribution >= 4 is 40.7 Å². The van der Waals surface area contributed by atoms with Gasteiger partial charge >= 0.3 is 6.18 Å². The van der Waals surface area contributed by atoms with Gasteiger partial charge in [0.1, 0.15) is 5.82 Å². The molecule has 0 fully saturated rings. The molecule has 112 valence electrons. The molecule has 1 aromatic heterocycles. The number of aromatic nitrogens is 2. The van der Waals surface area contributed by atoms with Crippen LogP contribution in [-0.2, 0) is 6.18 Å². The van der Waals surface area contributed by atoms with Crippen LogP contribution in [0.3, 0.4) is 0 Å². The molecular formula is C12H9Cl2F3N4. The molecular weight excluding hydrogens is 328 g/mol. The van der Waals surface area contributed by atoms with Crippen molar-refractivity contribution in [3.63, 3.8) is 0 Å². The normalized spacial score (nSPS) is 11.3. The van der Waals surface area contributed by atoms with Crippen LogP contribution in [0.5, 0.6) is 0 Å². The Labute approximate surface area is 128 Å². The molecule has 0 spiro atoms. The molecule has 1 aromatic carbocycles. The molecule has 0 unspecified atom stereocenters. The van der Waals surface area contributed by atoms with Crippen molar-refractivity contribution in [2.24, 2.45) is 0 Å². The lowest BCUT2D eigenvalue weighted by Crippen LogP contribution is -2.12. The second-order valence-electron chi connectivity index (χ2n) is 3.96. The predicted octanol–water partition coefficient (Wildman–Crippen LogP) is 4.59. The number of benzene rings is 1. The molecule has 0 saturated heterocycles. The number of nitrogens with zero attached hydrogens (tertiary/aromatic N) is 2. The molecule has 2 aromatic rings. The Kier molecular flexibility index (Phi) is 4.43. The maximum absolute atomic E-state index is 12.8. The van der Waals surface area contributed by atoms with E-state index in [9.17, 15) is 13.2 Å². The van der Waals surface area contributed by atoms with Gasteiger partial charge in [-0.25, -0.2) is 4.98 Å². The van der Waals surface area contributed by atoms with E-state index in [0.29, 0.717) is 15.7 Å². The van der Waals surface area contributed by atoms with Crippen molar-refractivity contribution in [3.8, 4) is 0 Å². The van der Waals surface area contributed by atoms with Crippen LogP contribution in [0.25, 0.3) is 0 Å². The van der Waals surface area contributed by atoms with Crippen molar-refractivity contribution in [3.05, 3.63) is 40.0 Å².